The van der Waals surface area contributed by atoms with Crippen LogP contribution in [0.5, 0.6) is 11.5 Å². The Hall–Kier alpha value is -1.48. The zero-order valence-electron chi connectivity index (χ0n) is 11.4. The molecule has 3 nitrogen and oxygen atoms in total. The number of allylic oxidation sites excluding steroid dienone is 2. The van der Waals surface area contributed by atoms with Crippen LogP contribution in [0.25, 0.3) is 0 Å². The summed E-state index contributed by atoms with van der Waals surface area (Å²) in [6.07, 6.45) is 9.05. The summed E-state index contributed by atoms with van der Waals surface area (Å²) in [5.74, 6) is 0.911. The fraction of sp³-hybridized carbons (Fsp3) is 0.500. The molecule has 1 spiro atoms. The Labute approximate surface area is 114 Å². The average Bonchev–Trinajstić information content (AvgIpc) is 2.61. The second kappa shape index (κ2) is 4.89. The topological polar surface area (TPSA) is 41.5 Å². The Balaban J connectivity index is 2.20. The van der Waals surface area contributed by atoms with Crippen molar-refractivity contribution in [2.75, 3.05) is 13.7 Å². The van der Waals surface area contributed by atoms with Crippen LogP contribution in [0.1, 0.15) is 36.8 Å². The molecule has 3 heteroatoms. The van der Waals surface area contributed by atoms with E-state index < -0.39 is 0 Å². The fourth-order valence-corrected chi connectivity index (χ4v) is 3.49. The highest BCUT2D eigenvalue weighted by atomic mass is 16.5. The van der Waals surface area contributed by atoms with E-state index in [2.05, 4.69) is 23.5 Å². The van der Waals surface area contributed by atoms with Crippen LogP contribution in [0.2, 0.25) is 0 Å². The summed E-state index contributed by atoms with van der Waals surface area (Å²) in [7, 11) is 1.61. The SMILES string of the molecule is COc1ccc2c(c1O)C1(C=CCCC1)CCNC2. The maximum Gasteiger partial charge on any atom is 0.162 e. The summed E-state index contributed by atoms with van der Waals surface area (Å²) >= 11 is 0. The third-order valence-corrected chi connectivity index (χ3v) is 4.44. The maximum atomic E-state index is 10.6. The maximum absolute atomic E-state index is 10.6. The van der Waals surface area contributed by atoms with Crippen molar-refractivity contribution in [3.8, 4) is 11.5 Å². The summed E-state index contributed by atoms with van der Waals surface area (Å²) in [6.45, 7) is 1.81. The lowest BCUT2D eigenvalue weighted by molar-refractivity contribution is 0.353. The highest BCUT2D eigenvalue weighted by Crippen LogP contribution is 2.47. The van der Waals surface area contributed by atoms with Gasteiger partial charge in [-0.2, -0.15) is 0 Å². The van der Waals surface area contributed by atoms with Gasteiger partial charge in [-0.3, -0.25) is 0 Å². The minimum absolute atomic E-state index is 0.0181. The first-order chi connectivity index (χ1) is 9.27. The first kappa shape index (κ1) is 12.5. The third-order valence-electron chi connectivity index (χ3n) is 4.44. The van der Waals surface area contributed by atoms with Crippen LogP contribution in [0.4, 0.5) is 0 Å². The van der Waals surface area contributed by atoms with Crippen LogP contribution in [0, 0.1) is 0 Å². The van der Waals surface area contributed by atoms with E-state index in [0.29, 0.717) is 11.5 Å². The van der Waals surface area contributed by atoms with E-state index in [1.807, 2.05) is 6.07 Å². The van der Waals surface area contributed by atoms with Gasteiger partial charge in [0.25, 0.3) is 0 Å². The van der Waals surface area contributed by atoms with Gasteiger partial charge < -0.3 is 15.2 Å². The molecule has 1 heterocycles. The number of nitrogens with one attached hydrogen (secondary N) is 1. The molecule has 2 aliphatic rings. The molecule has 1 aromatic carbocycles. The minimum Gasteiger partial charge on any atom is -0.504 e. The largest absolute Gasteiger partial charge is 0.504 e. The van der Waals surface area contributed by atoms with Gasteiger partial charge in [0.1, 0.15) is 0 Å². The molecule has 0 bridgehead atoms. The Morgan fingerprint density at radius 2 is 2.21 bits per heavy atom. The number of aromatic hydroxyl groups is 1. The van der Waals surface area contributed by atoms with E-state index in [1.54, 1.807) is 7.11 Å². The van der Waals surface area contributed by atoms with Gasteiger partial charge in [-0.1, -0.05) is 18.2 Å². The Kier molecular flexibility index (Phi) is 3.23. The van der Waals surface area contributed by atoms with Crippen LogP contribution >= 0.6 is 0 Å². The number of ether oxygens (including phenoxy) is 1. The molecule has 0 fully saturated rings. The molecule has 3 rings (SSSR count). The second-order valence-electron chi connectivity index (χ2n) is 5.53. The molecule has 0 radical (unpaired) electrons. The predicted molar refractivity (Wildman–Crippen MR) is 75.7 cm³/mol. The molecule has 0 saturated heterocycles. The van der Waals surface area contributed by atoms with E-state index >= 15 is 0 Å². The number of hydrogen-bond acceptors (Lipinski definition) is 3. The lowest BCUT2D eigenvalue weighted by Crippen LogP contribution is -2.28. The second-order valence-corrected chi connectivity index (χ2v) is 5.53. The summed E-state index contributed by atoms with van der Waals surface area (Å²) < 4.78 is 5.29. The molecule has 1 aliphatic carbocycles. The van der Waals surface area contributed by atoms with Crippen molar-refractivity contribution < 1.29 is 9.84 Å². The third kappa shape index (κ3) is 2.02. The quantitative estimate of drug-likeness (QED) is 0.762. The monoisotopic (exact) mass is 259 g/mol. The summed E-state index contributed by atoms with van der Waals surface area (Å²) in [5.41, 5.74) is 2.26. The number of phenols is 1. The highest BCUT2D eigenvalue weighted by Gasteiger charge is 2.37. The van der Waals surface area contributed by atoms with Gasteiger partial charge in [0.2, 0.25) is 0 Å². The Morgan fingerprint density at radius 3 is 2.95 bits per heavy atom. The minimum atomic E-state index is -0.0181. The van der Waals surface area contributed by atoms with Crippen molar-refractivity contribution in [1.82, 2.24) is 5.32 Å². The Morgan fingerprint density at radius 1 is 1.32 bits per heavy atom. The number of rotatable bonds is 1. The van der Waals surface area contributed by atoms with Crippen molar-refractivity contribution in [3.63, 3.8) is 0 Å². The van der Waals surface area contributed by atoms with Gasteiger partial charge in [-0.05, 0) is 43.9 Å². The van der Waals surface area contributed by atoms with Crippen LogP contribution in [0.3, 0.4) is 0 Å². The molecule has 0 amide bonds. The lowest BCUT2D eigenvalue weighted by Gasteiger charge is -2.34. The zero-order chi connectivity index (χ0) is 13.3. The van der Waals surface area contributed by atoms with Gasteiger partial charge in [0.15, 0.2) is 11.5 Å². The normalized spacial score (nSPS) is 25.9. The number of methoxy groups -OCH3 is 1. The average molecular weight is 259 g/mol. The van der Waals surface area contributed by atoms with E-state index in [-0.39, 0.29) is 5.41 Å². The van der Waals surface area contributed by atoms with Crippen molar-refractivity contribution >= 4 is 0 Å². The highest BCUT2D eigenvalue weighted by molar-refractivity contribution is 5.56. The van der Waals surface area contributed by atoms with E-state index in [0.717, 1.165) is 37.9 Å². The number of fused-ring (bicyclic) bond motifs is 2. The van der Waals surface area contributed by atoms with Crippen LogP contribution in [-0.4, -0.2) is 18.8 Å². The molecule has 1 unspecified atom stereocenters. The zero-order valence-corrected chi connectivity index (χ0v) is 11.4. The standard InChI is InChI=1S/C16H21NO2/c1-19-13-6-5-12-11-17-10-9-16(14(12)15(13)18)7-3-2-4-8-16/h3,5-7,17-18H,2,4,8-11H2,1H3. The Bertz CT molecular complexity index is 510. The van der Waals surface area contributed by atoms with E-state index in [1.165, 1.54) is 12.0 Å². The van der Waals surface area contributed by atoms with Crippen LogP contribution in [-0.2, 0) is 12.0 Å². The fourth-order valence-electron chi connectivity index (χ4n) is 3.49. The van der Waals surface area contributed by atoms with Crippen molar-refractivity contribution in [3.05, 3.63) is 35.4 Å². The number of phenolic OH excluding ortho intramolecular Hbond substituents is 1. The van der Waals surface area contributed by atoms with Crippen LogP contribution < -0.4 is 10.1 Å². The van der Waals surface area contributed by atoms with Crippen LogP contribution in [0.15, 0.2) is 24.3 Å². The molecule has 1 aromatic rings. The lowest BCUT2D eigenvalue weighted by atomic mass is 9.70. The molecule has 1 aliphatic heterocycles. The van der Waals surface area contributed by atoms with E-state index in [9.17, 15) is 5.11 Å². The van der Waals surface area contributed by atoms with Gasteiger partial charge in [-0.15, -0.1) is 0 Å². The van der Waals surface area contributed by atoms with Gasteiger partial charge in [0, 0.05) is 17.5 Å². The molecule has 2 N–H and O–H groups in total. The first-order valence-electron chi connectivity index (χ1n) is 7.04. The molecular weight excluding hydrogens is 238 g/mol. The molecular formula is C16H21NO2. The van der Waals surface area contributed by atoms with Crippen molar-refractivity contribution in [2.24, 2.45) is 0 Å². The summed E-state index contributed by atoms with van der Waals surface area (Å²) in [4.78, 5) is 0. The smallest absolute Gasteiger partial charge is 0.162 e. The molecule has 1 atom stereocenters. The summed E-state index contributed by atoms with van der Waals surface area (Å²) in [6, 6.07) is 3.94. The number of hydrogen-bond donors (Lipinski definition) is 2. The van der Waals surface area contributed by atoms with E-state index in [4.69, 9.17) is 4.74 Å². The van der Waals surface area contributed by atoms with Crippen molar-refractivity contribution in [2.45, 2.75) is 37.6 Å². The molecule has 0 aromatic heterocycles. The predicted octanol–water partition coefficient (Wildman–Crippen LogP) is 2.87. The number of benzene rings is 1. The molecule has 0 saturated carbocycles. The van der Waals surface area contributed by atoms with Gasteiger partial charge >= 0.3 is 0 Å². The first-order valence-corrected chi connectivity index (χ1v) is 7.04. The summed E-state index contributed by atoms with van der Waals surface area (Å²) in [5, 5.41) is 14.0. The van der Waals surface area contributed by atoms with Gasteiger partial charge in [-0.25, -0.2) is 0 Å². The van der Waals surface area contributed by atoms with Gasteiger partial charge in [0.05, 0.1) is 7.11 Å². The molecule has 102 valence electrons. The molecule has 19 heavy (non-hydrogen) atoms. The van der Waals surface area contributed by atoms with Crippen molar-refractivity contribution in [1.29, 1.82) is 0 Å².